The first-order valence-electron chi connectivity index (χ1n) is 17.4. The van der Waals surface area contributed by atoms with Gasteiger partial charge in [-0.05, 0) is 84.7 Å². The van der Waals surface area contributed by atoms with Crippen molar-refractivity contribution in [2.24, 2.45) is 11.8 Å². The van der Waals surface area contributed by atoms with Crippen molar-refractivity contribution in [3.8, 4) is 5.75 Å². The molecule has 4 atom stereocenters. The Morgan fingerprint density at radius 3 is 2.13 bits per heavy atom. The third kappa shape index (κ3) is 10.8. The summed E-state index contributed by atoms with van der Waals surface area (Å²) in [6, 6.07) is 19.0. The summed E-state index contributed by atoms with van der Waals surface area (Å²) in [5, 5.41) is 0.328. The fourth-order valence-electron chi connectivity index (χ4n) is 5.65. The zero-order valence-corrected chi connectivity index (χ0v) is 32.5. The van der Waals surface area contributed by atoms with Gasteiger partial charge < -0.3 is 13.6 Å². The van der Waals surface area contributed by atoms with Crippen molar-refractivity contribution in [2.75, 3.05) is 0 Å². The molecule has 0 saturated heterocycles. The largest absolute Gasteiger partial charge is 0.489 e. The van der Waals surface area contributed by atoms with Crippen LogP contribution in [0.2, 0.25) is 36.3 Å². The highest BCUT2D eigenvalue weighted by atomic mass is 28.4. The van der Waals surface area contributed by atoms with E-state index in [0.717, 1.165) is 25.0 Å². The van der Waals surface area contributed by atoms with E-state index in [9.17, 15) is 0 Å². The van der Waals surface area contributed by atoms with E-state index in [-0.39, 0.29) is 28.2 Å². The Labute approximate surface area is 279 Å². The molecule has 5 heteroatoms. The molecule has 1 aliphatic rings. The molecule has 3 rings (SSSR count). The summed E-state index contributed by atoms with van der Waals surface area (Å²) in [6.07, 6.45) is 11.7. The van der Waals surface area contributed by atoms with Crippen LogP contribution in [-0.4, -0.2) is 28.8 Å². The second-order valence-corrected chi connectivity index (χ2v) is 25.9. The highest BCUT2D eigenvalue weighted by molar-refractivity contribution is 6.74. The molecule has 0 spiro atoms. The molecule has 250 valence electrons. The Morgan fingerprint density at radius 2 is 1.51 bits per heavy atom. The molecule has 0 radical (unpaired) electrons. The summed E-state index contributed by atoms with van der Waals surface area (Å²) < 4.78 is 20.4. The summed E-state index contributed by atoms with van der Waals surface area (Å²) in [7, 11) is -3.90. The molecule has 0 amide bonds. The van der Waals surface area contributed by atoms with Crippen LogP contribution < -0.4 is 4.74 Å². The van der Waals surface area contributed by atoms with Crippen LogP contribution in [0.25, 0.3) is 0 Å². The molecule has 1 aliphatic carbocycles. The molecule has 0 N–H and O–H groups in total. The van der Waals surface area contributed by atoms with E-state index >= 15 is 0 Å². The maximum absolute atomic E-state index is 7.18. The van der Waals surface area contributed by atoms with E-state index < -0.39 is 16.6 Å². The smallest absolute Gasteiger partial charge is 0.192 e. The lowest BCUT2D eigenvalue weighted by Gasteiger charge is -2.40. The molecule has 3 nitrogen and oxygen atoms in total. The quantitative estimate of drug-likeness (QED) is 0.109. The van der Waals surface area contributed by atoms with E-state index in [1.54, 1.807) is 0 Å². The van der Waals surface area contributed by atoms with Crippen LogP contribution in [0, 0.1) is 11.8 Å². The van der Waals surface area contributed by atoms with Crippen LogP contribution >= 0.6 is 0 Å². The Morgan fingerprint density at radius 1 is 0.867 bits per heavy atom. The minimum Gasteiger partial charge on any atom is -0.489 e. The highest BCUT2D eigenvalue weighted by Gasteiger charge is 2.45. The summed E-state index contributed by atoms with van der Waals surface area (Å²) in [6.45, 7) is 31.0. The first-order valence-corrected chi connectivity index (χ1v) is 23.2. The molecule has 2 aromatic carbocycles. The normalized spacial score (nSPS) is 20.6. The van der Waals surface area contributed by atoms with E-state index in [4.69, 9.17) is 13.6 Å². The standard InChI is InChI=1S/C40H64O3Si2/c1-13-14-16-23-34(42-44(9,10)39(3,4)5)25-26-36-37(31(2)27-38(36)43-45(11,12)40(6,7)8)29-33-22-19-24-35(28-33)41-30-32-20-17-15-18-21-32/h15,17-22,24-26,28,34,36-38H,2,13-14,16,23,27,29-30H2,1,3-12H3/b26-25+/t34-,36+,37-,38?/m0/s1. The Balaban J connectivity index is 1.89. The summed E-state index contributed by atoms with van der Waals surface area (Å²) in [4.78, 5) is 0. The fraction of sp³-hybridized carbons (Fsp3) is 0.600. The topological polar surface area (TPSA) is 27.7 Å². The van der Waals surface area contributed by atoms with Crippen LogP contribution in [0.1, 0.15) is 91.7 Å². The molecule has 1 saturated carbocycles. The van der Waals surface area contributed by atoms with E-state index in [2.05, 4.69) is 142 Å². The van der Waals surface area contributed by atoms with E-state index in [0.29, 0.717) is 12.5 Å². The number of ether oxygens (including phenoxy) is 1. The van der Waals surface area contributed by atoms with Crippen molar-refractivity contribution in [1.29, 1.82) is 0 Å². The zero-order valence-electron chi connectivity index (χ0n) is 30.5. The maximum atomic E-state index is 7.18. The molecule has 1 unspecified atom stereocenters. The van der Waals surface area contributed by atoms with Gasteiger partial charge in [0.1, 0.15) is 12.4 Å². The molecule has 0 heterocycles. The number of hydrogen-bond acceptors (Lipinski definition) is 3. The van der Waals surface area contributed by atoms with E-state index in [1.807, 2.05) is 6.07 Å². The van der Waals surface area contributed by atoms with Crippen molar-refractivity contribution < 1.29 is 13.6 Å². The van der Waals surface area contributed by atoms with Gasteiger partial charge in [0.15, 0.2) is 16.6 Å². The third-order valence-corrected chi connectivity index (χ3v) is 19.6. The summed E-state index contributed by atoms with van der Waals surface area (Å²) in [5.41, 5.74) is 3.77. The minimum absolute atomic E-state index is 0.134. The molecule has 45 heavy (non-hydrogen) atoms. The van der Waals surface area contributed by atoms with Gasteiger partial charge in [0.2, 0.25) is 0 Å². The van der Waals surface area contributed by atoms with Crippen molar-refractivity contribution >= 4 is 16.6 Å². The van der Waals surface area contributed by atoms with E-state index in [1.165, 1.54) is 36.0 Å². The lowest BCUT2D eigenvalue weighted by atomic mass is 9.86. The fourth-order valence-corrected chi connectivity index (χ4v) is 8.30. The van der Waals surface area contributed by atoms with Crippen molar-refractivity contribution in [3.63, 3.8) is 0 Å². The second-order valence-electron chi connectivity index (χ2n) is 16.4. The first kappa shape index (κ1) is 37.5. The predicted octanol–water partition coefficient (Wildman–Crippen LogP) is 11.9. The van der Waals surface area contributed by atoms with Crippen LogP contribution in [-0.2, 0) is 21.9 Å². The lowest BCUT2D eigenvalue weighted by molar-refractivity contribution is 0.147. The molecule has 1 fully saturated rings. The Bertz CT molecular complexity index is 1240. The molecular weight excluding hydrogens is 585 g/mol. The molecule has 2 aromatic rings. The van der Waals surface area contributed by atoms with Crippen LogP contribution in [0.5, 0.6) is 5.75 Å². The first-order chi connectivity index (χ1) is 20.9. The Hall–Kier alpha value is -1.93. The van der Waals surface area contributed by atoms with Gasteiger partial charge in [0.05, 0.1) is 12.2 Å². The number of rotatable bonds is 15. The highest BCUT2D eigenvalue weighted by Crippen LogP contribution is 2.46. The van der Waals surface area contributed by atoms with Crippen LogP contribution in [0.3, 0.4) is 0 Å². The van der Waals surface area contributed by atoms with Gasteiger partial charge in [-0.15, -0.1) is 0 Å². The minimum atomic E-state index is -1.98. The number of unbranched alkanes of at least 4 members (excludes halogenated alkanes) is 2. The van der Waals surface area contributed by atoms with Gasteiger partial charge in [-0.25, -0.2) is 0 Å². The molecule has 0 bridgehead atoms. The van der Waals surface area contributed by atoms with Gasteiger partial charge in [0, 0.05) is 5.92 Å². The maximum Gasteiger partial charge on any atom is 0.192 e. The molecule has 0 aromatic heterocycles. The number of hydrogen-bond donors (Lipinski definition) is 0. The summed E-state index contributed by atoms with van der Waals surface area (Å²) in [5.74, 6) is 1.49. The monoisotopic (exact) mass is 648 g/mol. The third-order valence-electron chi connectivity index (χ3n) is 10.6. The second kappa shape index (κ2) is 15.8. The van der Waals surface area contributed by atoms with Gasteiger partial charge in [-0.3, -0.25) is 0 Å². The van der Waals surface area contributed by atoms with Crippen molar-refractivity contribution in [1.82, 2.24) is 0 Å². The van der Waals surface area contributed by atoms with Crippen molar-refractivity contribution in [3.05, 3.63) is 90.0 Å². The predicted molar refractivity (Wildman–Crippen MR) is 199 cm³/mol. The van der Waals surface area contributed by atoms with Gasteiger partial charge in [-0.1, -0.05) is 134 Å². The molecule has 0 aliphatic heterocycles. The zero-order chi connectivity index (χ0) is 33.5. The molecular formula is C40H64O3Si2. The SMILES string of the molecule is C=C1CC(O[Si](C)(C)C(C)(C)C)[C@H](/C=C/[C@H](CCCCC)O[Si](C)(C)C(C)(C)C)[C@H]1Cc1cccc(OCc2ccccc2)c1. The van der Waals surface area contributed by atoms with Crippen LogP contribution in [0.15, 0.2) is 78.9 Å². The Kier molecular flexibility index (Phi) is 13.2. The van der Waals surface area contributed by atoms with Crippen LogP contribution in [0.4, 0.5) is 0 Å². The average Bonchev–Trinajstić information content (AvgIpc) is 3.22. The van der Waals surface area contributed by atoms with Gasteiger partial charge in [0.25, 0.3) is 0 Å². The van der Waals surface area contributed by atoms with Gasteiger partial charge >= 0.3 is 0 Å². The summed E-state index contributed by atoms with van der Waals surface area (Å²) >= 11 is 0. The average molecular weight is 649 g/mol. The van der Waals surface area contributed by atoms with Crippen molar-refractivity contribution in [2.45, 2.75) is 142 Å². The van der Waals surface area contributed by atoms with Gasteiger partial charge in [-0.2, -0.15) is 0 Å². The lowest BCUT2D eigenvalue weighted by Crippen LogP contribution is -2.45. The number of benzene rings is 2.